The molecule has 0 saturated carbocycles. The summed E-state index contributed by atoms with van der Waals surface area (Å²) in [6.45, 7) is 3.59. The van der Waals surface area contributed by atoms with Gasteiger partial charge in [0, 0.05) is 43.0 Å². The molecule has 0 aliphatic carbocycles. The number of carbonyl (C=O) groups excluding carboxylic acids is 4. The second-order valence-electron chi connectivity index (χ2n) is 10.8. The number of nitrogens with one attached hydrogen (secondary N) is 2. The van der Waals surface area contributed by atoms with E-state index in [1.807, 2.05) is 22.4 Å². The van der Waals surface area contributed by atoms with E-state index in [-0.39, 0.29) is 36.4 Å². The standard InChI is InChI=1S/C31H37N5O7S/c1-20-28(34-19-42-20)31(40)36-18-22-16-24(36)30(39)33-10-3-4-12-35(27(37)17-23-7-5-14-44-23)13-6-11-32-29(38)21-8-9-25(41-2)26(15-21)43-22/h5,7-9,14-15,19,22,24H,3-4,6,10-13,16-18H2,1-2H3,(H,32,38)(H,33,39)/t22-,24-/m0/s1. The highest BCUT2D eigenvalue weighted by Crippen LogP contribution is 2.32. The van der Waals surface area contributed by atoms with E-state index in [1.165, 1.54) is 18.4 Å². The summed E-state index contributed by atoms with van der Waals surface area (Å²) in [5, 5.41) is 7.86. The summed E-state index contributed by atoms with van der Waals surface area (Å²) < 4.78 is 17.0. The largest absolute Gasteiger partial charge is 0.493 e. The molecule has 1 aromatic carbocycles. The molecule has 2 atom stereocenters. The van der Waals surface area contributed by atoms with E-state index in [0.717, 1.165) is 4.88 Å². The molecule has 2 N–H and O–H groups in total. The molecule has 5 rings (SSSR count). The highest BCUT2D eigenvalue weighted by Gasteiger charge is 2.42. The van der Waals surface area contributed by atoms with Crippen molar-refractivity contribution in [2.45, 2.75) is 51.2 Å². The molecule has 234 valence electrons. The first-order valence-corrected chi connectivity index (χ1v) is 15.6. The highest BCUT2D eigenvalue weighted by atomic mass is 32.1. The lowest BCUT2D eigenvalue weighted by Crippen LogP contribution is -2.46. The summed E-state index contributed by atoms with van der Waals surface area (Å²) >= 11 is 1.55. The molecule has 0 spiro atoms. The Bertz CT molecular complexity index is 1470. The third kappa shape index (κ3) is 7.39. The first-order chi connectivity index (χ1) is 21.3. The van der Waals surface area contributed by atoms with Crippen LogP contribution in [0.3, 0.4) is 0 Å². The number of amides is 4. The van der Waals surface area contributed by atoms with Crippen molar-refractivity contribution in [2.75, 3.05) is 39.8 Å². The number of fused-ring (bicyclic) bond motifs is 4. The summed E-state index contributed by atoms with van der Waals surface area (Å²) in [6, 6.07) is 7.97. The molecule has 4 heterocycles. The molecule has 13 heteroatoms. The predicted molar refractivity (Wildman–Crippen MR) is 162 cm³/mol. The topological polar surface area (TPSA) is 143 Å². The smallest absolute Gasteiger partial charge is 0.276 e. The molecule has 12 nitrogen and oxygen atoms in total. The van der Waals surface area contributed by atoms with Crippen molar-refractivity contribution in [3.63, 3.8) is 0 Å². The molecular weight excluding hydrogens is 586 g/mol. The van der Waals surface area contributed by atoms with E-state index < -0.39 is 18.1 Å². The monoisotopic (exact) mass is 623 g/mol. The van der Waals surface area contributed by atoms with Crippen molar-refractivity contribution in [2.24, 2.45) is 0 Å². The van der Waals surface area contributed by atoms with Crippen molar-refractivity contribution in [3.05, 3.63) is 64.0 Å². The zero-order chi connectivity index (χ0) is 31.1. The van der Waals surface area contributed by atoms with Gasteiger partial charge in [-0.2, -0.15) is 0 Å². The van der Waals surface area contributed by atoms with E-state index in [4.69, 9.17) is 13.9 Å². The second-order valence-corrected chi connectivity index (χ2v) is 11.8. The predicted octanol–water partition coefficient (Wildman–Crippen LogP) is 2.82. The number of likely N-dealkylation sites (tertiary alicyclic amines) is 1. The minimum absolute atomic E-state index is 0.0277. The number of thiophene rings is 1. The van der Waals surface area contributed by atoms with Crippen LogP contribution in [0.15, 0.2) is 46.5 Å². The van der Waals surface area contributed by atoms with Crippen molar-refractivity contribution in [1.82, 2.24) is 25.4 Å². The molecule has 1 saturated heterocycles. The number of hydrogen-bond acceptors (Lipinski definition) is 9. The maximum absolute atomic E-state index is 13.5. The van der Waals surface area contributed by atoms with Gasteiger partial charge in [0.05, 0.1) is 20.1 Å². The Balaban J connectivity index is 1.36. The van der Waals surface area contributed by atoms with Crippen LogP contribution < -0.4 is 20.1 Å². The van der Waals surface area contributed by atoms with Crippen LogP contribution in [0, 0.1) is 6.92 Å². The number of oxazole rings is 1. The Morgan fingerprint density at radius 1 is 1.11 bits per heavy atom. The highest BCUT2D eigenvalue weighted by molar-refractivity contribution is 7.10. The zero-order valence-corrected chi connectivity index (χ0v) is 25.7. The average Bonchev–Trinajstić information content (AvgIpc) is 3.78. The van der Waals surface area contributed by atoms with Gasteiger partial charge in [0.1, 0.15) is 17.9 Å². The molecule has 0 unspecified atom stereocenters. The first kappa shape index (κ1) is 31.0. The molecule has 4 amide bonds. The third-order valence-electron chi connectivity index (χ3n) is 7.80. The van der Waals surface area contributed by atoms with Crippen LogP contribution >= 0.6 is 11.3 Å². The number of aryl methyl sites for hydroxylation is 1. The van der Waals surface area contributed by atoms with Crippen LogP contribution in [0.25, 0.3) is 0 Å². The van der Waals surface area contributed by atoms with Gasteiger partial charge in [-0.05, 0) is 55.8 Å². The quantitative estimate of drug-likeness (QED) is 0.452. The molecule has 0 radical (unpaired) electrons. The van der Waals surface area contributed by atoms with Crippen molar-refractivity contribution < 1.29 is 33.1 Å². The van der Waals surface area contributed by atoms with Crippen LogP contribution in [0.2, 0.25) is 0 Å². The number of rotatable bonds is 4. The summed E-state index contributed by atoms with van der Waals surface area (Å²) in [7, 11) is 1.50. The zero-order valence-electron chi connectivity index (χ0n) is 24.9. The number of methoxy groups -OCH3 is 1. The number of ether oxygens (including phenoxy) is 2. The summed E-state index contributed by atoms with van der Waals surface area (Å²) in [5.74, 6) is 0.135. The van der Waals surface area contributed by atoms with E-state index in [0.29, 0.717) is 74.7 Å². The lowest BCUT2D eigenvalue weighted by atomic mass is 10.1. The van der Waals surface area contributed by atoms with Gasteiger partial charge in [-0.3, -0.25) is 19.2 Å². The first-order valence-electron chi connectivity index (χ1n) is 14.8. The Morgan fingerprint density at radius 3 is 2.68 bits per heavy atom. The van der Waals surface area contributed by atoms with Crippen LogP contribution in [0.5, 0.6) is 11.5 Å². The maximum atomic E-state index is 13.5. The Labute approximate surface area is 259 Å². The molecule has 2 aromatic heterocycles. The van der Waals surface area contributed by atoms with Gasteiger partial charge in [-0.15, -0.1) is 11.3 Å². The van der Waals surface area contributed by atoms with Crippen LogP contribution in [0.4, 0.5) is 0 Å². The number of nitrogens with zero attached hydrogens (tertiary/aromatic N) is 3. The van der Waals surface area contributed by atoms with Crippen molar-refractivity contribution in [1.29, 1.82) is 0 Å². The minimum Gasteiger partial charge on any atom is -0.493 e. The van der Waals surface area contributed by atoms with Crippen LogP contribution in [0.1, 0.15) is 57.2 Å². The Morgan fingerprint density at radius 2 is 1.93 bits per heavy atom. The number of benzene rings is 1. The summed E-state index contributed by atoms with van der Waals surface area (Å²) in [6.07, 6.45) is 3.15. The molecule has 1 fully saturated rings. The lowest BCUT2D eigenvalue weighted by Gasteiger charge is -2.24. The molecule has 44 heavy (non-hydrogen) atoms. The minimum atomic E-state index is -0.799. The van der Waals surface area contributed by atoms with Gasteiger partial charge in [0.25, 0.3) is 11.8 Å². The lowest BCUT2D eigenvalue weighted by molar-refractivity contribution is -0.130. The van der Waals surface area contributed by atoms with Crippen molar-refractivity contribution in [3.8, 4) is 11.5 Å². The SMILES string of the molecule is COc1ccc2cc1O[C@H]1C[C@@H](C(=O)NCCCCN(C(=O)Cc3cccs3)CCCNC2=O)N(C(=O)c2ncoc2C)C1. The molecular formula is C31H37N5O7S. The second kappa shape index (κ2) is 14.4. The van der Waals surface area contributed by atoms with Gasteiger partial charge in [0.15, 0.2) is 23.6 Å². The van der Waals surface area contributed by atoms with Gasteiger partial charge in [0.2, 0.25) is 11.8 Å². The van der Waals surface area contributed by atoms with E-state index >= 15 is 0 Å². The Hall–Kier alpha value is -4.39. The normalized spacial score (nSPS) is 20.0. The number of hydrogen-bond donors (Lipinski definition) is 2. The average molecular weight is 624 g/mol. The fourth-order valence-corrected chi connectivity index (χ4v) is 6.15. The van der Waals surface area contributed by atoms with Gasteiger partial charge in [-0.25, -0.2) is 4.98 Å². The van der Waals surface area contributed by atoms with E-state index in [1.54, 1.807) is 36.5 Å². The van der Waals surface area contributed by atoms with Gasteiger partial charge >= 0.3 is 0 Å². The van der Waals surface area contributed by atoms with Gasteiger partial charge in [-0.1, -0.05) is 6.07 Å². The fourth-order valence-electron chi connectivity index (χ4n) is 5.46. The van der Waals surface area contributed by atoms with E-state index in [9.17, 15) is 19.2 Å². The molecule has 2 aliphatic rings. The Kier molecular flexibility index (Phi) is 10.2. The van der Waals surface area contributed by atoms with Crippen LogP contribution in [-0.2, 0) is 16.0 Å². The maximum Gasteiger partial charge on any atom is 0.276 e. The summed E-state index contributed by atoms with van der Waals surface area (Å²) in [5.41, 5.74) is 0.518. The van der Waals surface area contributed by atoms with E-state index in [2.05, 4.69) is 15.6 Å². The third-order valence-corrected chi connectivity index (χ3v) is 8.67. The van der Waals surface area contributed by atoms with Gasteiger partial charge < -0.3 is 34.3 Å². The number of aromatic nitrogens is 1. The van der Waals surface area contributed by atoms with Crippen LogP contribution in [-0.4, -0.2) is 90.4 Å². The number of carbonyl (C=O) groups is 4. The molecule has 4 bridgehead atoms. The fraction of sp³-hybridized carbons (Fsp3) is 0.452. The summed E-state index contributed by atoms with van der Waals surface area (Å²) in [4.78, 5) is 61.4. The van der Waals surface area contributed by atoms with Crippen molar-refractivity contribution >= 4 is 35.0 Å². The molecule has 3 aromatic rings. The molecule has 2 aliphatic heterocycles.